The number of nitro groups is 1. The first-order valence-electron chi connectivity index (χ1n) is 5.82. The molecule has 3 N–H and O–H groups in total. The first-order chi connectivity index (χ1) is 9.04. The Labute approximate surface area is 111 Å². The van der Waals surface area contributed by atoms with Crippen molar-refractivity contribution in [1.82, 2.24) is 5.32 Å². The Balaban J connectivity index is 2.67. The van der Waals surface area contributed by atoms with Crippen LogP contribution in [0.1, 0.15) is 12.5 Å². The first kappa shape index (κ1) is 14.9. The topological polar surface area (TPSA) is 103 Å². The maximum atomic E-state index is 10.8. The third kappa shape index (κ3) is 4.92. The van der Waals surface area contributed by atoms with Crippen LogP contribution in [0.3, 0.4) is 0 Å². The van der Waals surface area contributed by atoms with Crippen molar-refractivity contribution in [1.29, 1.82) is 0 Å². The van der Waals surface area contributed by atoms with Crippen molar-refractivity contribution in [3.05, 3.63) is 39.9 Å². The predicted octanol–water partition coefficient (Wildman–Crippen LogP) is 1.03. The Morgan fingerprint density at radius 2 is 2.26 bits per heavy atom. The van der Waals surface area contributed by atoms with E-state index in [-0.39, 0.29) is 24.2 Å². The van der Waals surface area contributed by atoms with Crippen LogP contribution in [0.5, 0.6) is 0 Å². The quantitative estimate of drug-likeness (QED) is 0.346. The molecule has 104 valence electrons. The number of rotatable bonds is 6. The second kappa shape index (κ2) is 7.32. The smallest absolute Gasteiger partial charge is 0.274 e. The number of guanidine groups is 1. The van der Waals surface area contributed by atoms with Gasteiger partial charge in [-0.1, -0.05) is 18.2 Å². The monoisotopic (exact) mass is 266 g/mol. The summed E-state index contributed by atoms with van der Waals surface area (Å²) in [5.74, 6) is 0.239. The largest absolute Gasteiger partial charge is 0.383 e. The molecule has 0 saturated carbocycles. The summed E-state index contributed by atoms with van der Waals surface area (Å²) in [4.78, 5) is 14.5. The van der Waals surface area contributed by atoms with Crippen LogP contribution in [0.2, 0.25) is 0 Å². The van der Waals surface area contributed by atoms with Gasteiger partial charge in [0.15, 0.2) is 5.96 Å². The molecule has 0 aromatic heterocycles. The molecular weight excluding hydrogens is 248 g/mol. The van der Waals surface area contributed by atoms with Gasteiger partial charge in [-0.15, -0.1) is 0 Å². The molecule has 1 aromatic carbocycles. The van der Waals surface area contributed by atoms with E-state index in [1.807, 2.05) is 6.92 Å². The summed E-state index contributed by atoms with van der Waals surface area (Å²) in [5, 5.41) is 13.8. The van der Waals surface area contributed by atoms with E-state index in [2.05, 4.69) is 10.3 Å². The fourth-order valence-electron chi connectivity index (χ4n) is 1.58. The number of nitrogens with two attached hydrogens (primary N) is 1. The third-order valence-electron chi connectivity index (χ3n) is 2.42. The molecule has 0 heterocycles. The molecule has 0 bridgehead atoms. The number of nitrogens with one attached hydrogen (secondary N) is 1. The second-order valence-electron chi connectivity index (χ2n) is 4.09. The Morgan fingerprint density at radius 3 is 2.89 bits per heavy atom. The van der Waals surface area contributed by atoms with Gasteiger partial charge >= 0.3 is 0 Å². The van der Waals surface area contributed by atoms with Crippen LogP contribution < -0.4 is 11.1 Å². The molecule has 0 amide bonds. The lowest BCUT2D eigenvalue weighted by Gasteiger charge is -2.13. The zero-order valence-corrected chi connectivity index (χ0v) is 11.0. The van der Waals surface area contributed by atoms with Crippen molar-refractivity contribution >= 4 is 11.6 Å². The average Bonchev–Trinajstić information content (AvgIpc) is 2.36. The number of methoxy groups -OCH3 is 1. The standard InChI is InChI=1S/C12H18N4O3/c1-9(8-19-2)15-12(13)14-7-10-5-3-4-6-11(10)16(17)18/h3-6,9H,7-8H2,1-2H3,(H3,13,14,15). The van der Waals surface area contributed by atoms with Crippen LogP contribution in [0.4, 0.5) is 5.69 Å². The van der Waals surface area contributed by atoms with E-state index >= 15 is 0 Å². The van der Waals surface area contributed by atoms with Crippen molar-refractivity contribution in [3.8, 4) is 0 Å². The molecule has 0 aliphatic rings. The molecule has 1 aromatic rings. The lowest BCUT2D eigenvalue weighted by molar-refractivity contribution is -0.385. The van der Waals surface area contributed by atoms with E-state index in [1.165, 1.54) is 6.07 Å². The Hall–Kier alpha value is -2.15. The van der Waals surface area contributed by atoms with E-state index in [1.54, 1.807) is 25.3 Å². The molecule has 1 atom stereocenters. The number of aliphatic imine (C=N–C) groups is 1. The minimum Gasteiger partial charge on any atom is -0.383 e. The van der Waals surface area contributed by atoms with E-state index in [0.29, 0.717) is 12.2 Å². The van der Waals surface area contributed by atoms with E-state index in [0.717, 1.165) is 0 Å². The lowest BCUT2D eigenvalue weighted by Crippen LogP contribution is -2.40. The van der Waals surface area contributed by atoms with Gasteiger partial charge in [-0.2, -0.15) is 0 Å². The van der Waals surface area contributed by atoms with Crippen LogP contribution >= 0.6 is 0 Å². The van der Waals surface area contributed by atoms with E-state index in [9.17, 15) is 10.1 Å². The number of benzene rings is 1. The van der Waals surface area contributed by atoms with Crippen LogP contribution in [-0.2, 0) is 11.3 Å². The highest BCUT2D eigenvalue weighted by Gasteiger charge is 2.11. The molecule has 7 nitrogen and oxygen atoms in total. The number of ether oxygens (including phenoxy) is 1. The zero-order valence-electron chi connectivity index (χ0n) is 11.0. The summed E-state index contributed by atoms with van der Waals surface area (Å²) in [5.41, 5.74) is 6.26. The minimum atomic E-state index is -0.429. The molecule has 7 heteroatoms. The second-order valence-corrected chi connectivity index (χ2v) is 4.09. The zero-order chi connectivity index (χ0) is 14.3. The first-order valence-corrected chi connectivity index (χ1v) is 5.82. The molecule has 1 unspecified atom stereocenters. The highest BCUT2D eigenvalue weighted by atomic mass is 16.6. The Morgan fingerprint density at radius 1 is 1.58 bits per heavy atom. The van der Waals surface area contributed by atoms with Crippen molar-refractivity contribution in [3.63, 3.8) is 0 Å². The van der Waals surface area contributed by atoms with Gasteiger partial charge in [0, 0.05) is 19.2 Å². The van der Waals surface area contributed by atoms with Crippen LogP contribution in [0, 0.1) is 10.1 Å². The fourth-order valence-corrected chi connectivity index (χ4v) is 1.58. The Bertz CT molecular complexity index is 462. The van der Waals surface area contributed by atoms with Gasteiger partial charge in [-0.05, 0) is 6.92 Å². The Kier molecular flexibility index (Phi) is 5.74. The lowest BCUT2D eigenvalue weighted by atomic mass is 10.2. The van der Waals surface area contributed by atoms with Crippen LogP contribution in [0.25, 0.3) is 0 Å². The number of nitro benzene ring substituents is 1. The maximum Gasteiger partial charge on any atom is 0.274 e. The molecule has 0 spiro atoms. The van der Waals surface area contributed by atoms with Gasteiger partial charge in [-0.25, -0.2) is 4.99 Å². The van der Waals surface area contributed by atoms with Crippen molar-refractivity contribution in [2.24, 2.45) is 10.7 Å². The summed E-state index contributed by atoms with van der Waals surface area (Å²) in [6.07, 6.45) is 0. The van der Waals surface area contributed by atoms with Gasteiger partial charge < -0.3 is 15.8 Å². The average molecular weight is 266 g/mol. The summed E-state index contributed by atoms with van der Waals surface area (Å²) < 4.78 is 4.96. The molecule has 0 saturated heterocycles. The summed E-state index contributed by atoms with van der Waals surface area (Å²) >= 11 is 0. The highest BCUT2D eigenvalue weighted by molar-refractivity contribution is 5.78. The summed E-state index contributed by atoms with van der Waals surface area (Å²) in [7, 11) is 1.60. The molecule has 0 fully saturated rings. The van der Waals surface area contributed by atoms with Gasteiger partial charge in [0.1, 0.15) is 0 Å². The molecule has 0 aliphatic heterocycles. The van der Waals surface area contributed by atoms with Gasteiger partial charge in [0.2, 0.25) is 0 Å². The number of hydrogen-bond donors (Lipinski definition) is 2. The van der Waals surface area contributed by atoms with Crippen molar-refractivity contribution < 1.29 is 9.66 Å². The van der Waals surface area contributed by atoms with Crippen molar-refractivity contribution in [2.75, 3.05) is 13.7 Å². The van der Waals surface area contributed by atoms with Gasteiger partial charge in [-0.3, -0.25) is 10.1 Å². The molecule has 19 heavy (non-hydrogen) atoms. The van der Waals surface area contributed by atoms with E-state index in [4.69, 9.17) is 10.5 Å². The number of hydrogen-bond acceptors (Lipinski definition) is 4. The fraction of sp³-hybridized carbons (Fsp3) is 0.417. The summed E-state index contributed by atoms with van der Waals surface area (Å²) in [6.45, 7) is 2.56. The molecule has 0 aliphatic carbocycles. The molecular formula is C12H18N4O3. The van der Waals surface area contributed by atoms with Crippen LogP contribution in [0.15, 0.2) is 29.3 Å². The van der Waals surface area contributed by atoms with Gasteiger partial charge in [0.05, 0.1) is 23.6 Å². The third-order valence-corrected chi connectivity index (χ3v) is 2.42. The number of para-hydroxylation sites is 1. The molecule has 0 radical (unpaired) electrons. The van der Waals surface area contributed by atoms with Crippen LogP contribution in [-0.4, -0.2) is 30.6 Å². The predicted molar refractivity (Wildman–Crippen MR) is 72.9 cm³/mol. The van der Waals surface area contributed by atoms with Gasteiger partial charge in [0.25, 0.3) is 5.69 Å². The normalized spacial score (nSPS) is 13.1. The summed E-state index contributed by atoms with van der Waals surface area (Å²) in [6, 6.07) is 6.48. The molecule has 1 rings (SSSR count). The maximum absolute atomic E-state index is 10.8. The van der Waals surface area contributed by atoms with E-state index < -0.39 is 4.92 Å². The van der Waals surface area contributed by atoms with Crippen molar-refractivity contribution in [2.45, 2.75) is 19.5 Å². The SMILES string of the molecule is COCC(C)NC(N)=NCc1ccccc1[N+](=O)[O-]. The number of nitrogens with zero attached hydrogens (tertiary/aromatic N) is 2. The highest BCUT2D eigenvalue weighted by Crippen LogP contribution is 2.18. The minimum absolute atomic E-state index is 0.0273.